The molecule has 1 aromatic carbocycles. The zero-order valence-corrected chi connectivity index (χ0v) is 17.6. The van der Waals surface area contributed by atoms with Crippen LogP contribution in [0.3, 0.4) is 0 Å². The van der Waals surface area contributed by atoms with Gasteiger partial charge in [-0.1, -0.05) is 19.1 Å². The van der Waals surface area contributed by atoms with Crippen LogP contribution in [0.4, 0.5) is 36.8 Å². The van der Waals surface area contributed by atoms with Crippen LogP contribution in [0.5, 0.6) is 0 Å². The number of halogens is 6. The molecule has 0 saturated carbocycles. The van der Waals surface area contributed by atoms with Gasteiger partial charge in [0, 0.05) is 30.9 Å². The van der Waals surface area contributed by atoms with Crippen LogP contribution in [-0.4, -0.2) is 72.3 Å². The fourth-order valence-corrected chi connectivity index (χ4v) is 3.31. The molecule has 1 fully saturated rings. The number of amides is 2. The summed E-state index contributed by atoms with van der Waals surface area (Å²) in [7, 11) is 0. The van der Waals surface area contributed by atoms with Crippen molar-refractivity contribution in [2.45, 2.75) is 37.7 Å². The lowest BCUT2D eigenvalue weighted by Gasteiger charge is -2.34. The number of ether oxygens (including phenoxy) is 1. The number of anilines is 1. The number of hydrogen-bond acceptors (Lipinski definition) is 4. The topological polar surface area (TPSA) is 90.3 Å². The van der Waals surface area contributed by atoms with E-state index in [4.69, 9.17) is 9.84 Å². The predicted molar refractivity (Wildman–Crippen MR) is 104 cm³/mol. The van der Waals surface area contributed by atoms with Crippen LogP contribution >= 0.6 is 0 Å². The molecule has 2 rings (SSSR count). The Hall–Kier alpha value is -2.54. The molecule has 1 aromatic rings. The normalized spacial score (nSPS) is 16.4. The minimum absolute atomic E-state index is 0.00455. The molecular weight excluding hydrogens is 462 g/mol. The highest BCUT2D eigenvalue weighted by molar-refractivity contribution is 5.92. The molecule has 1 heterocycles. The number of carboxylic acids is 1. The van der Waals surface area contributed by atoms with Crippen LogP contribution in [0.25, 0.3) is 0 Å². The maximum Gasteiger partial charge on any atom is 0.430 e. The lowest BCUT2D eigenvalue weighted by molar-refractivity contribution is -0.376. The van der Waals surface area contributed by atoms with Crippen LogP contribution in [0.15, 0.2) is 24.3 Å². The van der Waals surface area contributed by atoms with E-state index in [1.54, 1.807) is 0 Å². The Kier molecular flexibility index (Phi) is 8.22. The van der Waals surface area contributed by atoms with E-state index in [9.17, 15) is 41.0 Å². The molecule has 0 aromatic heterocycles. The standard InChI is InChI=1S/C20H24F6N2O5/c1-13(16(29)30)3-2-8-28(17(31)27-9-11-33-12-10-27)15-6-4-14(5-7-15)18(32,19(21,22)23)20(24,25)26/h4-7,13,32H,2-3,8-12H2,1H3,(H,29,30). The van der Waals surface area contributed by atoms with E-state index in [-0.39, 0.29) is 51.4 Å². The van der Waals surface area contributed by atoms with E-state index in [2.05, 4.69) is 0 Å². The van der Waals surface area contributed by atoms with Gasteiger partial charge >= 0.3 is 24.4 Å². The Labute approximate surface area is 185 Å². The molecule has 1 unspecified atom stereocenters. The highest BCUT2D eigenvalue weighted by Crippen LogP contribution is 2.50. The fraction of sp³-hybridized carbons (Fsp3) is 0.600. The number of morpholine rings is 1. The van der Waals surface area contributed by atoms with Crippen LogP contribution in [0.2, 0.25) is 0 Å². The summed E-state index contributed by atoms with van der Waals surface area (Å²) in [5.41, 5.74) is -6.51. The Morgan fingerprint density at radius 3 is 2.03 bits per heavy atom. The van der Waals surface area contributed by atoms with Crippen molar-refractivity contribution in [3.8, 4) is 0 Å². The van der Waals surface area contributed by atoms with E-state index in [0.717, 1.165) is 17.0 Å². The van der Waals surface area contributed by atoms with Gasteiger partial charge in [-0.25, -0.2) is 4.79 Å². The Morgan fingerprint density at radius 2 is 1.58 bits per heavy atom. The average molecular weight is 486 g/mol. The first kappa shape index (κ1) is 26.7. The average Bonchev–Trinajstić information content (AvgIpc) is 2.74. The number of nitrogens with zero attached hydrogens (tertiary/aromatic N) is 2. The quantitative estimate of drug-likeness (QED) is 0.573. The molecule has 7 nitrogen and oxygen atoms in total. The molecule has 33 heavy (non-hydrogen) atoms. The van der Waals surface area contributed by atoms with Crippen LogP contribution in [0.1, 0.15) is 25.3 Å². The number of alkyl halides is 6. The summed E-state index contributed by atoms with van der Waals surface area (Å²) in [5, 5.41) is 18.5. The smallest absolute Gasteiger partial charge is 0.430 e. The van der Waals surface area contributed by atoms with Crippen molar-refractivity contribution in [1.29, 1.82) is 0 Å². The Morgan fingerprint density at radius 1 is 1.06 bits per heavy atom. The monoisotopic (exact) mass is 486 g/mol. The SMILES string of the molecule is CC(CCCN(C(=O)N1CCOCC1)c1ccc(C(O)(C(F)(F)F)C(F)(F)F)cc1)C(=O)O. The third kappa shape index (κ3) is 5.88. The van der Waals surface area contributed by atoms with Crippen molar-refractivity contribution in [3.05, 3.63) is 29.8 Å². The molecule has 0 spiro atoms. The lowest BCUT2D eigenvalue weighted by Crippen LogP contribution is -2.54. The van der Waals surface area contributed by atoms with Crippen LogP contribution in [-0.2, 0) is 15.1 Å². The van der Waals surface area contributed by atoms with Crippen molar-refractivity contribution in [1.82, 2.24) is 4.90 Å². The summed E-state index contributed by atoms with van der Waals surface area (Å²) in [6.45, 7) is 2.45. The number of urea groups is 1. The highest BCUT2D eigenvalue weighted by Gasteiger charge is 2.71. The van der Waals surface area contributed by atoms with Gasteiger partial charge in [0.2, 0.25) is 0 Å². The summed E-state index contributed by atoms with van der Waals surface area (Å²) in [6, 6.07) is 2.16. The summed E-state index contributed by atoms with van der Waals surface area (Å²) in [4.78, 5) is 26.6. The molecule has 1 aliphatic heterocycles. The molecule has 186 valence electrons. The molecule has 0 radical (unpaired) electrons. The number of hydrogen-bond donors (Lipinski definition) is 2. The molecule has 0 bridgehead atoms. The molecule has 13 heteroatoms. The Bertz CT molecular complexity index is 808. The second-order valence-corrected chi connectivity index (χ2v) is 7.67. The van der Waals surface area contributed by atoms with Crippen molar-refractivity contribution in [2.75, 3.05) is 37.7 Å². The first-order valence-electron chi connectivity index (χ1n) is 10.0. The summed E-state index contributed by atoms with van der Waals surface area (Å²) in [5.74, 6) is -1.75. The number of carbonyl (C=O) groups excluding carboxylic acids is 1. The van der Waals surface area contributed by atoms with Crippen LogP contribution in [0, 0.1) is 5.92 Å². The second-order valence-electron chi connectivity index (χ2n) is 7.67. The number of aliphatic hydroxyl groups is 1. The zero-order valence-electron chi connectivity index (χ0n) is 17.6. The van der Waals surface area contributed by atoms with E-state index in [1.807, 2.05) is 0 Å². The lowest BCUT2D eigenvalue weighted by atomic mass is 9.92. The number of benzene rings is 1. The predicted octanol–water partition coefficient (Wildman–Crippen LogP) is 3.76. The molecule has 1 atom stereocenters. The van der Waals surface area contributed by atoms with Gasteiger partial charge in [0.05, 0.1) is 19.1 Å². The number of aliphatic carboxylic acids is 1. The van der Waals surface area contributed by atoms with Crippen molar-refractivity contribution < 1.29 is 50.9 Å². The third-order valence-electron chi connectivity index (χ3n) is 5.37. The number of carboxylic acid groups (broad SMARTS) is 1. The first-order valence-corrected chi connectivity index (χ1v) is 10.0. The van der Waals surface area contributed by atoms with Crippen LogP contribution < -0.4 is 4.90 Å². The van der Waals surface area contributed by atoms with E-state index in [0.29, 0.717) is 12.1 Å². The van der Waals surface area contributed by atoms with Gasteiger partial charge in [-0.05, 0) is 25.0 Å². The van der Waals surface area contributed by atoms with Gasteiger partial charge in [0.15, 0.2) is 0 Å². The first-order chi connectivity index (χ1) is 15.2. The van der Waals surface area contributed by atoms with Gasteiger partial charge in [-0.15, -0.1) is 0 Å². The van der Waals surface area contributed by atoms with Crippen molar-refractivity contribution in [2.24, 2.45) is 5.92 Å². The highest BCUT2D eigenvalue weighted by atomic mass is 19.4. The molecule has 2 amide bonds. The summed E-state index contributed by atoms with van der Waals surface area (Å²) < 4.78 is 83.9. The maximum atomic E-state index is 13.1. The zero-order chi connectivity index (χ0) is 25.0. The van der Waals surface area contributed by atoms with E-state index >= 15 is 0 Å². The van der Waals surface area contributed by atoms with Crippen molar-refractivity contribution >= 4 is 17.7 Å². The summed E-state index contributed by atoms with van der Waals surface area (Å²) >= 11 is 0. The fourth-order valence-electron chi connectivity index (χ4n) is 3.31. The van der Waals surface area contributed by atoms with Gasteiger partial charge in [0.25, 0.3) is 5.60 Å². The Balaban J connectivity index is 2.34. The van der Waals surface area contributed by atoms with Gasteiger partial charge < -0.3 is 19.8 Å². The third-order valence-corrected chi connectivity index (χ3v) is 5.37. The number of rotatable bonds is 7. The minimum Gasteiger partial charge on any atom is -0.481 e. The molecule has 2 N–H and O–H groups in total. The molecular formula is C20H24F6N2O5. The summed E-state index contributed by atoms with van der Waals surface area (Å²) in [6.07, 6.45) is -11.6. The minimum atomic E-state index is -6.02. The van der Waals surface area contributed by atoms with Gasteiger partial charge in [-0.2, -0.15) is 26.3 Å². The molecule has 1 saturated heterocycles. The maximum absolute atomic E-state index is 13.1. The van der Waals surface area contributed by atoms with Gasteiger partial charge in [0.1, 0.15) is 0 Å². The second kappa shape index (κ2) is 10.2. The molecule has 0 aliphatic carbocycles. The van der Waals surface area contributed by atoms with Crippen molar-refractivity contribution in [3.63, 3.8) is 0 Å². The number of carbonyl (C=O) groups is 2. The van der Waals surface area contributed by atoms with Gasteiger partial charge in [-0.3, -0.25) is 9.69 Å². The van der Waals surface area contributed by atoms with E-state index < -0.39 is 41.4 Å². The van der Waals surface area contributed by atoms with E-state index in [1.165, 1.54) is 11.8 Å². The largest absolute Gasteiger partial charge is 0.481 e. The molecule has 1 aliphatic rings.